The van der Waals surface area contributed by atoms with Crippen LogP contribution in [0.15, 0.2) is 5.38 Å². The largest absolute Gasteiger partial charge is 0.392 e. The van der Waals surface area contributed by atoms with Crippen molar-refractivity contribution in [3.05, 3.63) is 16.1 Å². The van der Waals surface area contributed by atoms with Gasteiger partial charge < -0.3 is 10.0 Å². The van der Waals surface area contributed by atoms with Gasteiger partial charge in [0.05, 0.1) is 22.7 Å². The number of unbranched alkanes of at least 4 members (excludes halogenated alkanes) is 1. The van der Waals surface area contributed by atoms with Gasteiger partial charge in [-0.1, -0.05) is 0 Å². The summed E-state index contributed by atoms with van der Waals surface area (Å²) in [5, 5.41) is 12.6. The molecule has 1 unspecified atom stereocenters. The Morgan fingerprint density at radius 3 is 3.06 bits per heavy atom. The number of aromatic nitrogens is 1. The van der Waals surface area contributed by atoms with E-state index >= 15 is 0 Å². The number of halogens is 1. The van der Waals surface area contributed by atoms with Crippen LogP contribution < -0.4 is 0 Å². The standard InChI is InChI=1S/C12H19ClN2OS/c13-7-10-9-17-12(14-10)3-1-2-5-15-6-4-11(16)8-15/h9,11,16H,1-8H2. The summed E-state index contributed by atoms with van der Waals surface area (Å²) in [6, 6.07) is 0. The van der Waals surface area contributed by atoms with Gasteiger partial charge in [0, 0.05) is 18.5 Å². The average Bonchev–Trinajstić information content (AvgIpc) is 2.93. The van der Waals surface area contributed by atoms with Gasteiger partial charge in [-0.25, -0.2) is 4.98 Å². The predicted molar refractivity (Wildman–Crippen MR) is 71.7 cm³/mol. The van der Waals surface area contributed by atoms with Crippen molar-refractivity contribution in [1.29, 1.82) is 0 Å². The molecule has 1 atom stereocenters. The summed E-state index contributed by atoms with van der Waals surface area (Å²) >= 11 is 7.42. The molecule has 0 aromatic carbocycles. The van der Waals surface area contributed by atoms with E-state index in [9.17, 15) is 5.11 Å². The molecule has 1 aromatic rings. The summed E-state index contributed by atoms with van der Waals surface area (Å²) in [6.45, 7) is 3.01. The molecule has 5 heteroatoms. The third-order valence-electron chi connectivity index (χ3n) is 3.10. The highest BCUT2D eigenvalue weighted by molar-refractivity contribution is 7.09. The van der Waals surface area contributed by atoms with E-state index in [1.54, 1.807) is 11.3 Å². The maximum Gasteiger partial charge on any atom is 0.0928 e. The zero-order valence-electron chi connectivity index (χ0n) is 9.94. The molecule has 1 aromatic heterocycles. The predicted octanol–water partition coefficient (Wildman–Crippen LogP) is 2.27. The van der Waals surface area contributed by atoms with Gasteiger partial charge in [0.1, 0.15) is 0 Å². The lowest BCUT2D eigenvalue weighted by atomic mass is 10.2. The van der Waals surface area contributed by atoms with Gasteiger partial charge in [0.25, 0.3) is 0 Å². The third-order valence-corrected chi connectivity index (χ3v) is 4.33. The molecule has 96 valence electrons. The Hall–Kier alpha value is -0.160. The van der Waals surface area contributed by atoms with E-state index in [2.05, 4.69) is 9.88 Å². The monoisotopic (exact) mass is 274 g/mol. The third kappa shape index (κ3) is 4.21. The fourth-order valence-corrected chi connectivity index (χ4v) is 3.22. The van der Waals surface area contributed by atoms with Crippen molar-refractivity contribution in [2.24, 2.45) is 0 Å². The molecule has 0 spiro atoms. The lowest BCUT2D eigenvalue weighted by Gasteiger charge is -2.13. The summed E-state index contributed by atoms with van der Waals surface area (Å²) in [7, 11) is 0. The van der Waals surface area contributed by atoms with Crippen LogP contribution in [0.25, 0.3) is 0 Å². The van der Waals surface area contributed by atoms with Crippen molar-refractivity contribution >= 4 is 22.9 Å². The first kappa shape index (κ1) is 13.3. The maximum atomic E-state index is 9.40. The molecule has 0 saturated carbocycles. The van der Waals surface area contributed by atoms with Crippen molar-refractivity contribution in [3.63, 3.8) is 0 Å². The minimum atomic E-state index is -0.0970. The molecule has 2 rings (SSSR count). The average molecular weight is 275 g/mol. The molecule has 3 nitrogen and oxygen atoms in total. The van der Waals surface area contributed by atoms with E-state index in [-0.39, 0.29) is 6.10 Å². The molecule has 0 radical (unpaired) electrons. The van der Waals surface area contributed by atoms with E-state index in [1.165, 1.54) is 17.8 Å². The first-order valence-electron chi connectivity index (χ1n) is 6.17. The Kier molecular flexibility index (Phi) is 5.22. The molecule has 0 aliphatic carbocycles. The zero-order valence-corrected chi connectivity index (χ0v) is 11.5. The minimum Gasteiger partial charge on any atom is -0.392 e. The van der Waals surface area contributed by atoms with Crippen molar-refractivity contribution in [3.8, 4) is 0 Å². The Balaban J connectivity index is 1.59. The van der Waals surface area contributed by atoms with E-state index in [1.807, 2.05) is 5.38 Å². The van der Waals surface area contributed by atoms with Crippen LogP contribution in [0.4, 0.5) is 0 Å². The summed E-state index contributed by atoms with van der Waals surface area (Å²) in [5.41, 5.74) is 0.995. The number of aryl methyl sites for hydroxylation is 1. The van der Waals surface area contributed by atoms with Crippen LogP contribution in [0, 0.1) is 0 Å². The van der Waals surface area contributed by atoms with Crippen LogP contribution in [0.2, 0.25) is 0 Å². The molecule has 0 amide bonds. The molecule has 2 heterocycles. The highest BCUT2D eigenvalue weighted by atomic mass is 35.5. The molecule has 17 heavy (non-hydrogen) atoms. The van der Waals surface area contributed by atoms with Gasteiger partial charge in [0.2, 0.25) is 0 Å². The van der Waals surface area contributed by atoms with Crippen molar-refractivity contribution in [1.82, 2.24) is 9.88 Å². The molecule has 1 fully saturated rings. The smallest absolute Gasteiger partial charge is 0.0928 e. The quantitative estimate of drug-likeness (QED) is 0.639. The summed E-state index contributed by atoms with van der Waals surface area (Å²) in [5.74, 6) is 0.516. The van der Waals surface area contributed by atoms with Crippen molar-refractivity contribution < 1.29 is 5.11 Å². The Morgan fingerprint density at radius 2 is 2.41 bits per heavy atom. The first-order valence-corrected chi connectivity index (χ1v) is 7.59. The number of likely N-dealkylation sites (tertiary alicyclic amines) is 1. The topological polar surface area (TPSA) is 36.4 Å². The number of thiazole rings is 1. The van der Waals surface area contributed by atoms with Crippen LogP contribution in [0.1, 0.15) is 30.0 Å². The number of alkyl halides is 1. The van der Waals surface area contributed by atoms with Crippen molar-refractivity contribution in [2.75, 3.05) is 19.6 Å². The number of aliphatic hydroxyl groups excluding tert-OH is 1. The first-order chi connectivity index (χ1) is 8.28. The molecule has 1 N–H and O–H groups in total. The van der Waals surface area contributed by atoms with Crippen LogP contribution in [0.5, 0.6) is 0 Å². The van der Waals surface area contributed by atoms with Gasteiger partial charge in [0.15, 0.2) is 0 Å². The second kappa shape index (κ2) is 6.69. The molecule has 1 aliphatic heterocycles. The van der Waals surface area contributed by atoms with Crippen LogP contribution in [0.3, 0.4) is 0 Å². The minimum absolute atomic E-state index is 0.0970. The van der Waals surface area contributed by atoms with Gasteiger partial charge >= 0.3 is 0 Å². The highest BCUT2D eigenvalue weighted by Crippen LogP contribution is 2.15. The summed E-state index contributed by atoms with van der Waals surface area (Å²) in [6.07, 6.45) is 4.24. The number of rotatable bonds is 6. The lowest BCUT2D eigenvalue weighted by molar-refractivity contribution is 0.176. The summed E-state index contributed by atoms with van der Waals surface area (Å²) in [4.78, 5) is 6.79. The fourth-order valence-electron chi connectivity index (χ4n) is 2.15. The van der Waals surface area contributed by atoms with Gasteiger partial charge in [-0.05, 0) is 32.2 Å². The molecule has 1 saturated heterocycles. The molecule has 1 aliphatic rings. The van der Waals surface area contributed by atoms with Crippen LogP contribution >= 0.6 is 22.9 Å². The number of hydrogen-bond acceptors (Lipinski definition) is 4. The second-order valence-electron chi connectivity index (χ2n) is 4.57. The number of aliphatic hydroxyl groups is 1. The molecular weight excluding hydrogens is 256 g/mol. The van der Waals surface area contributed by atoms with E-state index in [4.69, 9.17) is 11.6 Å². The van der Waals surface area contributed by atoms with E-state index in [0.717, 1.165) is 38.2 Å². The van der Waals surface area contributed by atoms with Crippen molar-refractivity contribution in [2.45, 2.75) is 37.7 Å². The van der Waals surface area contributed by atoms with Gasteiger partial charge in [-0.2, -0.15) is 0 Å². The Labute approximate surface area is 111 Å². The maximum absolute atomic E-state index is 9.40. The van der Waals surface area contributed by atoms with Crippen LogP contribution in [-0.4, -0.2) is 40.7 Å². The molecule has 0 bridgehead atoms. The van der Waals surface area contributed by atoms with Gasteiger partial charge in [-0.15, -0.1) is 22.9 Å². The molecular formula is C12H19ClN2OS. The van der Waals surface area contributed by atoms with Gasteiger partial charge in [-0.3, -0.25) is 0 Å². The Morgan fingerprint density at radius 1 is 1.53 bits per heavy atom. The fraction of sp³-hybridized carbons (Fsp3) is 0.750. The summed E-state index contributed by atoms with van der Waals surface area (Å²) < 4.78 is 0. The number of β-amino-alcohol motifs (C(OH)–C–C–N with tert-alkyl or cyclic N) is 1. The zero-order chi connectivity index (χ0) is 12.1. The number of hydrogen-bond donors (Lipinski definition) is 1. The SMILES string of the molecule is OC1CCN(CCCCc2nc(CCl)cs2)C1. The van der Waals surface area contributed by atoms with E-state index < -0.39 is 0 Å². The highest BCUT2D eigenvalue weighted by Gasteiger charge is 2.18. The normalized spacial score (nSPS) is 21.2. The van der Waals surface area contributed by atoms with E-state index in [0.29, 0.717) is 5.88 Å². The second-order valence-corrected chi connectivity index (χ2v) is 5.78. The lowest BCUT2D eigenvalue weighted by Crippen LogP contribution is -2.23. The Bertz CT molecular complexity index is 345. The number of nitrogens with zero attached hydrogens (tertiary/aromatic N) is 2. The van der Waals surface area contributed by atoms with Crippen LogP contribution in [-0.2, 0) is 12.3 Å².